The molecule has 1 atom stereocenters. The number of hydrogen-bond donors (Lipinski definition) is 1. The topological polar surface area (TPSA) is 29.3 Å². The molecule has 1 aliphatic heterocycles. The summed E-state index contributed by atoms with van der Waals surface area (Å²) >= 11 is 0. The van der Waals surface area contributed by atoms with Crippen LogP contribution in [0.4, 0.5) is 0 Å². The van der Waals surface area contributed by atoms with Crippen molar-refractivity contribution in [3.8, 4) is 5.69 Å². The number of fused-ring (bicyclic) bond motifs is 8. The molecule has 9 aromatic rings. The van der Waals surface area contributed by atoms with Gasteiger partial charge in [-0.05, 0) is 62.3 Å². The van der Waals surface area contributed by atoms with Crippen LogP contribution in [-0.2, 0) is 0 Å². The molecule has 0 amide bonds. The molecular weight excluding hydrogens is 595 g/mol. The van der Waals surface area contributed by atoms with Gasteiger partial charge in [0.05, 0.1) is 22.4 Å². The van der Waals surface area contributed by atoms with Gasteiger partial charge in [0.2, 0.25) is 0 Å². The molecule has 0 saturated heterocycles. The zero-order valence-electron chi connectivity index (χ0n) is 26.7. The minimum absolute atomic E-state index is 0.264. The van der Waals surface area contributed by atoms with E-state index in [9.17, 15) is 0 Å². The number of aliphatic imine (C=N–C) groups is 1. The van der Waals surface area contributed by atoms with Crippen molar-refractivity contribution in [3.63, 3.8) is 0 Å². The number of allylic oxidation sites excluding steroid dienone is 1. The van der Waals surface area contributed by atoms with E-state index >= 15 is 0 Å². The van der Waals surface area contributed by atoms with Gasteiger partial charge >= 0.3 is 0 Å². The molecule has 3 heteroatoms. The fraction of sp³-hybridized carbons (Fsp3) is 0.0217. The summed E-state index contributed by atoms with van der Waals surface area (Å²) in [4.78, 5) is 5.33. The van der Waals surface area contributed by atoms with Gasteiger partial charge in [-0.3, -0.25) is 4.99 Å². The van der Waals surface area contributed by atoms with E-state index in [1.165, 1.54) is 54.1 Å². The number of rotatable bonds is 4. The largest absolute Gasteiger partial charge is 0.359 e. The zero-order chi connectivity index (χ0) is 32.3. The molecule has 0 bridgehead atoms. The zero-order valence-corrected chi connectivity index (χ0v) is 26.7. The predicted molar refractivity (Wildman–Crippen MR) is 207 cm³/mol. The number of aromatic nitrogens is 1. The fourth-order valence-corrected chi connectivity index (χ4v) is 7.79. The van der Waals surface area contributed by atoms with Crippen molar-refractivity contribution >= 4 is 65.5 Å². The van der Waals surface area contributed by atoms with E-state index in [1.54, 1.807) is 0 Å². The normalized spacial score (nSPS) is 14.7. The van der Waals surface area contributed by atoms with Gasteiger partial charge in [-0.25, -0.2) is 0 Å². The average Bonchev–Trinajstić information content (AvgIpc) is 3.53. The molecule has 230 valence electrons. The SMILES string of the molecule is C1=C(c2ccccc2)NC(c2cccc3c(-n4c5ccc6ccccc6c5c5c6ccccc6ccc54)cccc23)N=C1c1ccccc1. The first-order valence-electron chi connectivity index (χ1n) is 16.8. The second-order valence-electron chi connectivity index (χ2n) is 12.8. The molecule has 0 saturated carbocycles. The van der Waals surface area contributed by atoms with Crippen LogP contribution in [0.2, 0.25) is 0 Å². The maximum absolute atomic E-state index is 5.33. The van der Waals surface area contributed by atoms with Crippen molar-refractivity contribution in [2.24, 2.45) is 4.99 Å². The first kappa shape index (κ1) is 27.6. The van der Waals surface area contributed by atoms with Crippen LogP contribution in [0.5, 0.6) is 0 Å². The minimum Gasteiger partial charge on any atom is -0.359 e. The highest BCUT2D eigenvalue weighted by Gasteiger charge is 2.23. The second-order valence-corrected chi connectivity index (χ2v) is 12.8. The van der Waals surface area contributed by atoms with Crippen LogP contribution in [0.3, 0.4) is 0 Å². The van der Waals surface area contributed by atoms with Crippen molar-refractivity contribution in [2.45, 2.75) is 6.17 Å². The van der Waals surface area contributed by atoms with Crippen LogP contribution in [0.25, 0.3) is 65.5 Å². The average molecular weight is 626 g/mol. The second kappa shape index (κ2) is 11.1. The molecule has 0 spiro atoms. The van der Waals surface area contributed by atoms with E-state index < -0.39 is 0 Å². The molecule has 1 N–H and O–H groups in total. The summed E-state index contributed by atoms with van der Waals surface area (Å²) in [6.07, 6.45) is 1.91. The van der Waals surface area contributed by atoms with Gasteiger partial charge in [-0.2, -0.15) is 0 Å². The highest BCUT2D eigenvalue weighted by molar-refractivity contribution is 6.28. The Kier molecular flexibility index (Phi) is 6.25. The summed E-state index contributed by atoms with van der Waals surface area (Å²) in [5.41, 5.74) is 8.99. The first-order valence-corrected chi connectivity index (χ1v) is 16.8. The molecule has 49 heavy (non-hydrogen) atoms. The molecule has 0 fully saturated rings. The molecule has 1 aromatic heterocycles. The molecule has 8 aromatic carbocycles. The Morgan fingerprint density at radius 3 is 1.67 bits per heavy atom. The molecule has 1 unspecified atom stereocenters. The summed E-state index contributed by atoms with van der Waals surface area (Å²) in [6, 6.07) is 61.0. The van der Waals surface area contributed by atoms with Crippen molar-refractivity contribution in [1.82, 2.24) is 9.88 Å². The van der Waals surface area contributed by atoms with E-state index in [0.717, 1.165) is 33.8 Å². The van der Waals surface area contributed by atoms with Gasteiger partial charge in [-0.1, -0.05) is 152 Å². The van der Waals surface area contributed by atoms with Crippen LogP contribution in [0, 0.1) is 0 Å². The van der Waals surface area contributed by atoms with Gasteiger partial charge in [0.15, 0.2) is 0 Å². The van der Waals surface area contributed by atoms with Crippen molar-refractivity contribution < 1.29 is 0 Å². The van der Waals surface area contributed by atoms with Gasteiger partial charge < -0.3 is 9.88 Å². The Balaban J connectivity index is 1.22. The van der Waals surface area contributed by atoms with Gasteiger partial charge in [0.25, 0.3) is 0 Å². The van der Waals surface area contributed by atoms with Crippen LogP contribution in [0.15, 0.2) is 181 Å². The van der Waals surface area contributed by atoms with Crippen LogP contribution in [0.1, 0.15) is 22.9 Å². The molecule has 2 heterocycles. The monoisotopic (exact) mass is 625 g/mol. The van der Waals surface area contributed by atoms with Gasteiger partial charge in [0, 0.05) is 27.4 Å². The third-order valence-corrected chi connectivity index (χ3v) is 10.0. The first-order chi connectivity index (χ1) is 24.3. The molecule has 0 aliphatic carbocycles. The van der Waals surface area contributed by atoms with E-state index in [2.05, 4.69) is 186 Å². The summed E-state index contributed by atoms with van der Waals surface area (Å²) in [7, 11) is 0. The molecule has 0 radical (unpaired) electrons. The summed E-state index contributed by atoms with van der Waals surface area (Å²) in [6.45, 7) is 0. The number of benzene rings is 8. The summed E-state index contributed by atoms with van der Waals surface area (Å²) in [5.74, 6) is 0. The van der Waals surface area contributed by atoms with Crippen molar-refractivity contribution in [3.05, 3.63) is 193 Å². The van der Waals surface area contributed by atoms with E-state index in [-0.39, 0.29) is 6.17 Å². The lowest BCUT2D eigenvalue weighted by molar-refractivity contribution is 0.669. The Bertz CT molecular complexity index is 2700. The number of hydrogen-bond acceptors (Lipinski definition) is 2. The molecule has 10 rings (SSSR count). The lowest BCUT2D eigenvalue weighted by Crippen LogP contribution is -2.25. The lowest BCUT2D eigenvalue weighted by Gasteiger charge is -2.26. The van der Waals surface area contributed by atoms with Gasteiger partial charge in [-0.15, -0.1) is 0 Å². The van der Waals surface area contributed by atoms with E-state index in [0.29, 0.717) is 0 Å². The minimum atomic E-state index is -0.264. The number of nitrogens with one attached hydrogen (secondary N) is 1. The fourth-order valence-electron chi connectivity index (χ4n) is 7.79. The Morgan fingerprint density at radius 2 is 1.00 bits per heavy atom. The maximum Gasteiger partial charge on any atom is 0.146 e. The third-order valence-electron chi connectivity index (χ3n) is 10.0. The van der Waals surface area contributed by atoms with Crippen molar-refractivity contribution in [1.29, 1.82) is 0 Å². The summed E-state index contributed by atoms with van der Waals surface area (Å²) < 4.78 is 2.47. The van der Waals surface area contributed by atoms with Crippen molar-refractivity contribution in [2.75, 3.05) is 0 Å². The van der Waals surface area contributed by atoms with E-state index in [1.807, 2.05) is 0 Å². The Hall–Kier alpha value is -6.45. The van der Waals surface area contributed by atoms with Gasteiger partial charge in [0.1, 0.15) is 6.17 Å². The predicted octanol–water partition coefficient (Wildman–Crippen LogP) is 11.4. The maximum atomic E-state index is 5.33. The highest BCUT2D eigenvalue weighted by Crippen LogP contribution is 2.42. The smallest absolute Gasteiger partial charge is 0.146 e. The molecule has 3 nitrogen and oxygen atoms in total. The quantitative estimate of drug-likeness (QED) is 0.207. The highest BCUT2D eigenvalue weighted by atomic mass is 15.1. The summed E-state index contributed by atoms with van der Waals surface area (Å²) in [5, 5.41) is 13.8. The molecule has 1 aliphatic rings. The molecular formula is C46H31N3. The Labute approximate surface area is 284 Å². The van der Waals surface area contributed by atoms with Crippen LogP contribution < -0.4 is 5.32 Å². The van der Waals surface area contributed by atoms with E-state index in [4.69, 9.17) is 4.99 Å². The number of nitrogens with zero attached hydrogens (tertiary/aromatic N) is 2. The van der Waals surface area contributed by atoms with Crippen LogP contribution >= 0.6 is 0 Å². The lowest BCUT2D eigenvalue weighted by atomic mass is 9.98. The Morgan fingerprint density at radius 1 is 0.449 bits per heavy atom. The standard InChI is InChI=1S/C46H31N3/c1-3-15-32(16-4-1)39-29-40(33-17-5-2-6-18-33)48-46(47-39)38-23-11-22-37-36(38)21-12-24-41(37)49-42-27-25-30-13-7-9-19-34(30)44(42)45-35-20-10-8-14-31(35)26-28-43(45)49/h1-29,46-47H. The third kappa shape index (κ3) is 4.40. The van der Waals surface area contributed by atoms with Crippen LogP contribution in [-0.4, -0.2) is 10.3 Å².